The Morgan fingerprint density at radius 2 is 1.79 bits per heavy atom. The molecule has 0 saturated carbocycles. The molecule has 0 atom stereocenters. The molecular formula is C18H28N2O4. The minimum atomic E-state index is 0.00649. The quantitative estimate of drug-likeness (QED) is 0.771. The highest BCUT2D eigenvalue weighted by Crippen LogP contribution is 2.30. The molecule has 0 aliphatic carbocycles. The van der Waals surface area contributed by atoms with Gasteiger partial charge in [-0.1, -0.05) is 0 Å². The van der Waals surface area contributed by atoms with Gasteiger partial charge in [0.05, 0.1) is 20.3 Å². The lowest BCUT2D eigenvalue weighted by Gasteiger charge is -2.32. The van der Waals surface area contributed by atoms with Crippen LogP contribution in [0.2, 0.25) is 0 Å². The number of ether oxygens (including phenoxy) is 3. The lowest BCUT2D eigenvalue weighted by Crippen LogP contribution is -2.41. The van der Waals surface area contributed by atoms with Gasteiger partial charge in [0.1, 0.15) is 11.5 Å². The maximum Gasteiger partial charge on any atom is 0.254 e. The van der Waals surface area contributed by atoms with Crippen molar-refractivity contribution in [1.82, 2.24) is 4.90 Å². The first-order valence-electron chi connectivity index (χ1n) is 8.44. The topological polar surface area (TPSA) is 74.0 Å². The van der Waals surface area contributed by atoms with Crippen LogP contribution in [0.25, 0.3) is 0 Å². The molecule has 2 rings (SSSR count). The van der Waals surface area contributed by atoms with E-state index in [1.807, 2.05) is 11.8 Å². The highest BCUT2D eigenvalue weighted by molar-refractivity contribution is 5.95. The number of nitrogens with zero attached hydrogens (tertiary/aromatic N) is 1. The number of methoxy groups -OCH3 is 2. The van der Waals surface area contributed by atoms with E-state index < -0.39 is 0 Å². The van der Waals surface area contributed by atoms with E-state index in [9.17, 15) is 4.79 Å². The molecule has 6 heteroatoms. The van der Waals surface area contributed by atoms with Crippen LogP contribution in [0.15, 0.2) is 12.1 Å². The summed E-state index contributed by atoms with van der Waals surface area (Å²) in [7, 11) is 3.19. The lowest BCUT2D eigenvalue weighted by molar-refractivity contribution is 0.00843. The predicted molar refractivity (Wildman–Crippen MR) is 92.8 cm³/mol. The van der Waals surface area contributed by atoms with Gasteiger partial charge in [0.25, 0.3) is 5.91 Å². The summed E-state index contributed by atoms with van der Waals surface area (Å²) in [5.74, 6) is 1.34. The van der Waals surface area contributed by atoms with Gasteiger partial charge in [0, 0.05) is 30.8 Å². The molecule has 1 aromatic rings. The van der Waals surface area contributed by atoms with Crippen molar-refractivity contribution in [3.63, 3.8) is 0 Å². The molecule has 1 fully saturated rings. The minimum absolute atomic E-state index is 0.00649. The third kappa shape index (κ3) is 4.39. The van der Waals surface area contributed by atoms with Crippen LogP contribution in [0.4, 0.5) is 0 Å². The number of rotatable bonds is 7. The summed E-state index contributed by atoms with van der Waals surface area (Å²) in [6.07, 6.45) is 2.82. The Hall–Kier alpha value is -1.79. The van der Waals surface area contributed by atoms with Crippen molar-refractivity contribution in [3.8, 4) is 11.5 Å². The fourth-order valence-corrected chi connectivity index (χ4v) is 2.95. The van der Waals surface area contributed by atoms with Crippen LogP contribution in [-0.2, 0) is 4.74 Å². The van der Waals surface area contributed by atoms with Crippen molar-refractivity contribution in [3.05, 3.63) is 23.3 Å². The molecule has 0 aromatic heterocycles. The summed E-state index contributed by atoms with van der Waals surface area (Å²) in [6.45, 7) is 4.65. The summed E-state index contributed by atoms with van der Waals surface area (Å²) in [5.41, 5.74) is 6.96. The summed E-state index contributed by atoms with van der Waals surface area (Å²) in [6, 6.07) is 3.56. The van der Waals surface area contributed by atoms with Crippen LogP contribution in [0.3, 0.4) is 0 Å². The van der Waals surface area contributed by atoms with Crippen molar-refractivity contribution in [2.24, 2.45) is 5.73 Å². The fraction of sp³-hybridized carbons (Fsp3) is 0.611. The average molecular weight is 336 g/mol. The van der Waals surface area contributed by atoms with Gasteiger partial charge >= 0.3 is 0 Å². The molecule has 0 unspecified atom stereocenters. The number of nitrogens with two attached hydrogens (primary N) is 1. The average Bonchev–Trinajstić information content (AvgIpc) is 2.62. The number of amides is 1. The van der Waals surface area contributed by atoms with Crippen LogP contribution in [0, 0.1) is 6.92 Å². The van der Waals surface area contributed by atoms with Gasteiger partial charge in [0.15, 0.2) is 0 Å². The standard InChI is InChI=1S/C18H28N2O4/c1-13-16(22-2)11-14(12-17(13)23-3)18(21)20-8-5-15(6-9-20)24-10-4-7-19/h11-12,15H,4-10,19H2,1-3H3. The van der Waals surface area contributed by atoms with Gasteiger partial charge in [-0.15, -0.1) is 0 Å². The number of hydrogen-bond donors (Lipinski definition) is 1. The zero-order valence-electron chi connectivity index (χ0n) is 14.8. The molecule has 0 radical (unpaired) electrons. The minimum Gasteiger partial charge on any atom is -0.496 e. The molecular weight excluding hydrogens is 308 g/mol. The first-order valence-corrected chi connectivity index (χ1v) is 8.44. The van der Waals surface area contributed by atoms with Gasteiger partial charge < -0.3 is 24.8 Å². The number of likely N-dealkylation sites (tertiary alicyclic amines) is 1. The van der Waals surface area contributed by atoms with Crippen molar-refractivity contribution in [1.29, 1.82) is 0 Å². The van der Waals surface area contributed by atoms with E-state index in [-0.39, 0.29) is 12.0 Å². The fourth-order valence-electron chi connectivity index (χ4n) is 2.95. The van der Waals surface area contributed by atoms with Gasteiger partial charge in [-0.3, -0.25) is 4.79 Å². The second kappa shape index (κ2) is 8.89. The van der Waals surface area contributed by atoms with Crippen molar-refractivity contribution >= 4 is 5.91 Å². The van der Waals surface area contributed by atoms with Crippen molar-refractivity contribution in [2.45, 2.75) is 32.3 Å². The normalized spacial score (nSPS) is 15.4. The monoisotopic (exact) mass is 336 g/mol. The largest absolute Gasteiger partial charge is 0.496 e. The summed E-state index contributed by atoms with van der Waals surface area (Å²) in [4.78, 5) is 14.6. The number of carbonyl (C=O) groups is 1. The maximum absolute atomic E-state index is 12.8. The van der Waals surface area contributed by atoms with Crippen molar-refractivity contribution in [2.75, 3.05) is 40.5 Å². The molecule has 2 N–H and O–H groups in total. The van der Waals surface area contributed by atoms with E-state index in [0.29, 0.717) is 43.3 Å². The van der Waals surface area contributed by atoms with Crippen LogP contribution < -0.4 is 15.2 Å². The Kier molecular flexibility index (Phi) is 6.87. The van der Waals surface area contributed by atoms with Gasteiger partial charge in [0.2, 0.25) is 0 Å². The molecule has 1 aliphatic rings. The van der Waals surface area contributed by atoms with Crippen molar-refractivity contribution < 1.29 is 19.0 Å². The molecule has 24 heavy (non-hydrogen) atoms. The van der Waals surface area contributed by atoms with Gasteiger partial charge in [-0.2, -0.15) is 0 Å². The molecule has 1 aliphatic heterocycles. The smallest absolute Gasteiger partial charge is 0.254 e. The van der Waals surface area contributed by atoms with E-state index in [1.165, 1.54) is 0 Å². The zero-order valence-corrected chi connectivity index (χ0v) is 14.8. The summed E-state index contributed by atoms with van der Waals surface area (Å²) in [5, 5.41) is 0. The second-order valence-corrected chi connectivity index (χ2v) is 6.01. The van der Waals surface area contributed by atoms with Crippen LogP contribution >= 0.6 is 0 Å². The van der Waals surface area contributed by atoms with Crippen LogP contribution in [0.1, 0.15) is 35.2 Å². The Balaban J connectivity index is 2.00. The van der Waals surface area contributed by atoms with E-state index >= 15 is 0 Å². The maximum atomic E-state index is 12.8. The Bertz CT molecular complexity index is 529. The summed E-state index contributed by atoms with van der Waals surface area (Å²) >= 11 is 0. The third-order valence-electron chi connectivity index (χ3n) is 4.43. The molecule has 1 amide bonds. The number of hydrogen-bond acceptors (Lipinski definition) is 5. The highest BCUT2D eigenvalue weighted by Gasteiger charge is 2.25. The Morgan fingerprint density at radius 1 is 1.21 bits per heavy atom. The molecule has 6 nitrogen and oxygen atoms in total. The molecule has 1 heterocycles. The number of benzene rings is 1. The van der Waals surface area contributed by atoms with E-state index in [4.69, 9.17) is 19.9 Å². The van der Waals surface area contributed by atoms with Gasteiger partial charge in [-0.05, 0) is 44.9 Å². The zero-order chi connectivity index (χ0) is 17.5. The highest BCUT2D eigenvalue weighted by atomic mass is 16.5. The number of carbonyl (C=O) groups excluding carboxylic acids is 1. The molecule has 0 bridgehead atoms. The summed E-state index contributed by atoms with van der Waals surface area (Å²) < 4.78 is 16.5. The van der Waals surface area contributed by atoms with E-state index in [1.54, 1.807) is 26.4 Å². The molecule has 0 spiro atoms. The molecule has 134 valence electrons. The molecule has 1 aromatic carbocycles. The third-order valence-corrected chi connectivity index (χ3v) is 4.43. The van der Waals surface area contributed by atoms with E-state index in [0.717, 1.165) is 24.8 Å². The first kappa shape index (κ1) is 18.5. The SMILES string of the molecule is COc1cc(C(=O)N2CCC(OCCCN)CC2)cc(OC)c1C. The first-order chi connectivity index (χ1) is 11.6. The lowest BCUT2D eigenvalue weighted by atomic mass is 10.0. The second-order valence-electron chi connectivity index (χ2n) is 6.01. The number of piperidine rings is 1. The van der Waals surface area contributed by atoms with Crippen LogP contribution in [0.5, 0.6) is 11.5 Å². The Morgan fingerprint density at radius 3 is 2.29 bits per heavy atom. The predicted octanol–water partition coefficient (Wildman–Crippen LogP) is 1.98. The van der Waals surface area contributed by atoms with Crippen LogP contribution in [-0.4, -0.2) is 57.4 Å². The Labute approximate surface area is 143 Å². The van der Waals surface area contributed by atoms with E-state index in [2.05, 4.69) is 0 Å². The van der Waals surface area contributed by atoms with Gasteiger partial charge in [-0.25, -0.2) is 0 Å². The molecule has 1 saturated heterocycles.